The third-order valence-electron chi connectivity index (χ3n) is 4.74. The number of nitrogens with zero attached hydrogens (tertiary/aromatic N) is 2. The fourth-order valence-electron chi connectivity index (χ4n) is 3.27. The Hall–Kier alpha value is -2.70. The summed E-state index contributed by atoms with van der Waals surface area (Å²) < 4.78 is 5.00. The Labute approximate surface area is 174 Å². The van der Waals surface area contributed by atoms with Gasteiger partial charge in [0, 0.05) is 17.0 Å². The zero-order valence-electron chi connectivity index (χ0n) is 16.2. The Morgan fingerprint density at radius 1 is 1.17 bits per heavy atom. The molecule has 1 aliphatic heterocycles. The van der Waals surface area contributed by atoms with Gasteiger partial charge in [-0.1, -0.05) is 54.1 Å². The molecule has 0 spiro atoms. The van der Waals surface area contributed by atoms with Crippen molar-refractivity contribution in [3.05, 3.63) is 70.7 Å². The number of carbonyl (C=O) groups excluding carboxylic acids is 2. The number of aliphatic hydroxyl groups is 1. The third-order valence-corrected chi connectivity index (χ3v) is 4.99. The van der Waals surface area contributed by atoms with E-state index in [1.54, 1.807) is 31.2 Å². The van der Waals surface area contributed by atoms with Crippen molar-refractivity contribution in [1.29, 1.82) is 0 Å². The molecule has 0 bridgehead atoms. The SMILES string of the molecule is CCOC(=O)C1=NN(C(=O)CCCc2ccccc2)[C@@](O)(c2ccc(Cl)cc2)C1. The molecular weight excluding hydrogens is 392 g/mol. The summed E-state index contributed by atoms with van der Waals surface area (Å²) in [5, 5.41) is 17.0. The number of esters is 1. The maximum atomic E-state index is 12.9. The number of amides is 1. The first kappa shape index (κ1) is 21.0. The van der Waals surface area contributed by atoms with Crippen molar-refractivity contribution in [2.45, 2.75) is 38.3 Å². The van der Waals surface area contributed by atoms with E-state index in [9.17, 15) is 14.7 Å². The summed E-state index contributed by atoms with van der Waals surface area (Å²) in [7, 11) is 0. The molecule has 1 N–H and O–H groups in total. The Morgan fingerprint density at radius 2 is 1.86 bits per heavy atom. The summed E-state index contributed by atoms with van der Waals surface area (Å²) in [6.45, 7) is 1.87. The fraction of sp³-hybridized carbons (Fsp3) is 0.318. The molecule has 1 heterocycles. The van der Waals surface area contributed by atoms with Gasteiger partial charge in [0.15, 0.2) is 11.4 Å². The predicted molar refractivity (Wildman–Crippen MR) is 110 cm³/mol. The van der Waals surface area contributed by atoms with Crippen LogP contribution in [-0.4, -0.2) is 34.3 Å². The van der Waals surface area contributed by atoms with Crippen LogP contribution in [0.25, 0.3) is 0 Å². The molecule has 3 rings (SSSR count). The van der Waals surface area contributed by atoms with Gasteiger partial charge in [-0.3, -0.25) is 4.79 Å². The van der Waals surface area contributed by atoms with E-state index in [0.29, 0.717) is 17.0 Å². The van der Waals surface area contributed by atoms with Gasteiger partial charge in [-0.2, -0.15) is 10.1 Å². The first-order chi connectivity index (χ1) is 13.9. The van der Waals surface area contributed by atoms with Crippen LogP contribution in [0.2, 0.25) is 5.02 Å². The van der Waals surface area contributed by atoms with E-state index >= 15 is 0 Å². The molecule has 1 amide bonds. The van der Waals surface area contributed by atoms with E-state index in [1.807, 2.05) is 30.3 Å². The minimum Gasteiger partial charge on any atom is -0.461 e. The molecule has 2 aromatic carbocycles. The van der Waals surface area contributed by atoms with Crippen LogP contribution in [0.3, 0.4) is 0 Å². The van der Waals surface area contributed by atoms with Crippen molar-refractivity contribution in [1.82, 2.24) is 5.01 Å². The summed E-state index contributed by atoms with van der Waals surface area (Å²) in [4.78, 5) is 25.1. The molecule has 7 heteroatoms. The van der Waals surface area contributed by atoms with Gasteiger partial charge in [-0.15, -0.1) is 0 Å². The molecule has 152 valence electrons. The number of hydrazone groups is 1. The number of hydrogen-bond acceptors (Lipinski definition) is 5. The molecule has 1 atom stereocenters. The minimum atomic E-state index is -1.75. The molecule has 0 saturated heterocycles. The summed E-state index contributed by atoms with van der Waals surface area (Å²) in [5.74, 6) is -1.00. The standard InChI is InChI=1S/C22H23ClN2O4/c1-2-29-21(27)19-15-22(28,17-11-13-18(23)14-12-17)25(24-19)20(26)10-6-9-16-7-4-3-5-8-16/h3-5,7-8,11-14,28H,2,6,9-10,15H2,1H3/t22-/m0/s1. The molecule has 0 radical (unpaired) electrons. The summed E-state index contributed by atoms with van der Waals surface area (Å²) in [6.07, 6.45) is 1.37. The summed E-state index contributed by atoms with van der Waals surface area (Å²) in [6, 6.07) is 16.3. The fourth-order valence-corrected chi connectivity index (χ4v) is 3.40. The smallest absolute Gasteiger partial charge is 0.354 e. The number of aryl methyl sites for hydroxylation is 1. The molecule has 6 nitrogen and oxygen atoms in total. The summed E-state index contributed by atoms with van der Waals surface area (Å²) >= 11 is 5.94. The van der Waals surface area contributed by atoms with Crippen LogP contribution in [0.1, 0.15) is 37.3 Å². The average molecular weight is 415 g/mol. The number of carbonyl (C=O) groups is 2. The number of ether oxygens (including phenoxy) is 1. The lowest BCUT2D eigenvalue weighted by molar-refractivity contribution is -0.158. The second kappa shape index (κ2) is 9.20. The second-order valence-electron chi connectivity index (χ2n) is 6.81. The second-order valence-corrected chi connectivity index (χ2v) is 7.25. The van der Waals surface area contributed by atoms with E-state index in [1.165, 1.54) is 0 Å². The Kier molecular flexibility index (Phi) is 6.67. The van der Waals surface area contributed by atoms with Gasteiger partial charge in [0.1, 0.15) is 0 Å². The van der Waals surface area contributed by atoms with Crippen LogP contribution in [-0.2, 0) is 26.5 Å². The monoisotopic (exact) mass is 414 g/mol. The molecule has 29 heavy (non-hydrogen) atoms. The van der Waals surface area contributed by atoms with Gasteiger partial charge in [-0.05, 0) is 37.5 Å². The highest BCUT2D eigenvalue weighted by molar-refractivity contribution is 6.37. The number of halogens is 1. The largest absolute Gasteiger partial charge is 0.461 e. The van der Waals surface area contributed by atoms with Crippen molar-refractivity contribution in [2.75, 3.05) is 6.61 Å². The van der Waals surface area contributed by atoms with E-state index in [-0.39, 0.29) is 31.1 Å². The zero-order valence-corrected chi connectivity index (χ0v) is 16.9. The quantitative estimate of drug-likeness (QED) is 0.701. The predicted octanol–water partition coefficient (Wildman–Crippen LogP) is 3.66. The highest BCUT2D eigenvalue weighted by Gasteiger charge is 2.47. The lowest BCUT2D eigenvalue weighted by Gasteiger charge is -2.31. The van der Waals surface area contributed by atoms with Gasteiger partial charge in [0.05, 0.1) is 13.0 Å². The van der Waals surface area contributed by atoms with Crippen molar-refractivity contribution >= 4 is 29.2 Å². The van der Waals surface area contributed by atoms with Crippen LogP contribution in [0.5, 0.6) is 0 Å². The Morgan fingerprint density at radius 3 is 2.52 bits per heavy atom. The Balaban J connectivity index is 1.78. The van der Waals surface area contributed by atoms with Crippen molar-refractivity contribution in [2.24, 2.45) is 5.10 Å². The van der Waals surface area contributed by atoms with Crippen LogP contribution in [0, 0.1) is 0 Å². The molecule has 0 saturated carbocycles. The van der Waals surface area contributed by atoms with Gasteiger partial charge in [0.25, 0.3) is 0 Å². The molecule has 0 fully saturated rings. The van der Waals surface area contributed by atoms with Crippen molar-refractivity contribution in [3.8, 4) is 0 Å². The first-order valence-corrected chi connectivity index (χ1v) is 9.92. The van der Waals surface area contributed by atoms with Gasteiger partial charge >= 0.3 is 5.97 Å². The van der Waals surface area contributed by atoms with E-state index in [2.05, 4.69) is 5.10 Å². The van der Waals surface area contributed by atoms with Gasteiger partial charge in [-0.25, -0.2) is 4.79 Å². The average Bonchev–Trinajstić information content (AvgIpc) is 3.08. The van der Waals surface area contributed by atoms with Gasteiger partial charge in [0.2, 0.25) is 5.91 Å². The van der Waals surface area contributed by atoms with Crippen LogP contribution >= 0.6 is 11.6 Å². The lowest BCUT2D eigenvalue weighted by Crippen LogP contribution is -2.43. The first-order valence-electron chi connectivity index (χ1n) is 9.54. The van der Waals surface area contributed by atoms with Gasteiger partial charge < -0.3 is 9.84 Å². The highest BCUT2D eigenvalue weighted by atomic mass is 35.5. The maximum absolute atomic E-state index is 12.9. The summed E-state index contributed by atoms with van der Waals surface area (Å²) in [5.41, 5.74) is -0.177. The topological polar surface area (TPSA) is 79.2 Å². The van der Waals surface area contributed by atoms with Crippen LogP contribution in [0.4, 0.5) is 0 Å². The molecule has 0 unspecified atom stereocenters. The Bertz CT molecular complexity index is 899. The normalized spacial score (nSPS) is 18.4. The number of benzene rings is 2. The molecule has 0 aromatic heterocycles. The minimum absolute atomic E-state index is 0.0145. The number of rotatable bonds is 7. The maximum Gasteiger partial charge on any atom is 0.354 e. The molecule has 1 aliphatic rings. The molecular formula is C22H23ClN2O4. The van der Waals surface area contributed by atoms with Crippen LogP contribution < -0.4 is 0 Å². The van der Waals surface area contributed by atoms with Crippen LogP contribution in [0.15, 0.2) is 59.7 Å². The van der Waals surface area contributed by atoms with E-state index < -0.39 is 11.7 Å². The third kappa shape index (κ3) is 4.83. The molecule has 0 aliphatic carbocycles. The van der Waals surface area contributed by atoms with Crippen molar-refractivity contribution < 1.29 is 19.4 Å². The highest BCUT2D eigenvalue weighted by Crippen LogP contribution is 2.36. The van der Waals surface area contributed by atoms with Crippen molar-refractivity contribution in [3.63, 3.8) is 0 Å². The number of hydrogen-bond donors (Lipinski definition) is 1. The van der Waals surface area contributed by atoms with E-state index in [4.69, 9.17) is 16.3 Å². The van der Waals surface area contributed by atoms with E-state index in [0.717, 1.165) is 17.0 Å². The molecule has 2 aromatic rings. The lowest BCUT2D eigenvalue weighted by atomic mass is 9.97. The zero-order chi connectivity index (χ0) is 20.9.